The molecule has 1 fully saturated rings. The molecule has 0 aliphatic carbocycles. The van der Waals surface area contributed by atoms with Crippen LogP contribution in [0.15, 0.2) is 77.4 Å². The summed E-state index contributed by atoms with van der Waals surface area (Å²) in [4.78, 5) is 15.7. The number of halogens is 3. The summed E-state index contributed by atoms with van der Waals surface area (Å²) in [7, 11) is 0. The summed E-state index contributed by atoms with van der Waals surface area (Å²) in [6.07, 6.45) is 4.47. The van der Waals surface area contributed by atoms with Gasteiger partial charge < -0.3 is 26.6 Å². The van der Waals surface area contributed by atoms with Gasteiger partial charge in [0.2, 0.25) is 0 Å². The number of hydrogen-bond donors (Lipinski definition) is 1. The van der Waals surface area contributed by atoms with Gasteiger partial charge in [0.15, 0.2) is 5.76 Å². The van der Waals surface area contributed by atoms with E-state index in [0.29, 0.717) is 18.8 Å². The predicted octanol–water partition coefficient (Wildman–Crippen LogP) is 0.425. The third-order valence-corrected chi connectivity index (χ3v) is 5.65. The minimum Gasteiger partial charge on any atom is -1.00 e. The van der Waals surface area contributed by atoms with Crippen molar-refractivity contribution in [3.63, 3.8) is 0 Å². The van der Waals surface area contributed by atoms with Crippen LogP contribution in [0.25, 0.3) is 5.57 Å². The van der Waals surface area contributed by atoms with E-state index in [9.17, 15) is 13.6 Å². The summed E-state index contributed by atoms with van der Waals surface area (Å²) in [5, 5.41) is 0. The third kappa shape index (κ3) is 5.84. The van der Waals surface area contributed by atoms with Crippen LogP contribution in [0, 0.1) is 11.6 Å². The molecule has 7 heteroatoms. The molecule has 1 aromatic heterocycles. The highest BCUT2D eigenvalue weighted by atomic mass is 35.5. The van der Waals surface area contributed by atoms with E-state index in [2.05, 4.69) is 6.08 Å². The van der Waals surface area contributed by atoms with E-state index < -0.39 is 0 Å². The van der Waals surface area contributed by atoms with Crippen molar-refractivity contribution in [2.24, 2.45) is 0 Å². The summed E-state index contributed by atoms with van der Waals surface area (Å²) >= 11 is 0. The van der Waals surface area contributed by atoms with Crippen molar-refractivity contribution < 1.29 is 35.3 Å². The van der Waals surface area contributed by atoms with E-state index in [1.807, 2.05) is 4.90 Å². The molecule has 32 heavy (non-hydrogen) atoms. The maximum Gasteiger partial charge on any atom is 0.289 e. The molecule has 1 aliphatic heterocycles. The van der Waals surface area contributed by atoms with Gasteiger partial charge in [-0.1, -0.05) is 30.3 Å². The van der Waals surface area contributed by atoms with Crippen molar-refractivity contribution in [2.45, 2.75) is 6.42 Å². The number of rotatable bonds is 6. The summed E-state index contributed by atoms with van der Waals surface area (Å²) in [5.41, 5.74) is 2.76. The third-order valence-electron chi connectivity index (χ3n) is 5.65. The lowest BCUT2D eigenvalue weighted by atomic mass is 9.96. The first-order valence-electron chi connectivity index (χ1n) is 10.5. The number of carbonyl (C=O) groups is 1. The lowest BCUT2D eigenvalue weighted by Crippen LogP contribution is -3.14. The van der Waals surface area contributed by atoms with Crippen molar-refractivity contribution in [3.05, 3.63) is 102 Å². The van der Waals surface area contributed by atoms with Gasteiger partial charge in [-0.2, -0.15) is 0 Å². The van der Waals surface area contributed by atoms with Crippen molar-refractivity contribution in [3.8, 4) is 0 Å². The molecule has 1 amide bonds. The van der Waals surface area contributed by atoms with Crippen LogP contribution in [0.5, 0.6) is 0 Å². The first-order valence-corrected chi connectivity index (χ1v) is 10.5. The quantitative estimate of drug-likeness (QED) is 0.581. The number of nitrogens with zero attached hydrogens (tertiary/aromatic N) is 1. The Morgan fingerprint density at radius 3 is 2.00 bits per heavy atom. The van der Waals surface area contributed by atoms with Gasteiger partial charge in [-0.05, 0) is 53.1 Å². The van der Waals surface area contributed by atoms with E-state index in [0.717, 1.165) is 42.8 Å². The van der Waals surface area contributed by atoms with Crippen LogP contribution in [0.2, 0.25) is 0 Å². The Hall–Kier alpha value is -2.96. The Bertz CT molecular complexity index is 979. The second kappa shape index (κ2) is 11.1. The topological polar surface area (TPSA) is 37.9 Å². The monoisotopic (exact) mass is 458 g/mol. The average molecular weight is 459 g/mol. The number of furan rings is 1. The van der Waals surface area contributed by atoms with Crippen LogP contribution >= 0.6 is 0 Å². The number of carbonyl (C=O) groups excluding carboxylic acids is 1. The largest absolute Gasteiger partial charge is 1.00 e. The first-order chi connectivity index (χ1) is 15.1. The Morgan fingerprint density at radius 2 is 1.50 bits per heavy atom. The number of nitrogens with one attached hydrogen (secondary N) is 1. The number of piperazine rings is 1. The van der Waals surface area contributed by atoms with E-state index in [-0.39, 0.29) is 29.9 Å². The van der Waals surface area contributed by atoms with Crippen LogP contribution in [-0.4, -0.2) is 43.5 Å². The normalized spacial score (nSPS) is 14.0. The first kappa shape index (κ1) is 23.7. The molecule has 3 aromatic rings. The molecule has 1 N–H and O–H groups in total. The standard InChI is InChI=1S/C25H24F2N2O2.ClH/c26-21-9-5-19(6-10-21)23(20-7-11-22(27)12-8-20)3-1-13-28-14-16-29(17-15-28)25(30)24-4-2-18-31-24;/h2-12,18H,1,13-17H2;1H. The van der Waals surface area contributed by atoms with E-state index in [4.69, 9.17) is 4.42 Å². The fraction of sp³-hybridized carbons (Fsp3) is 0.240. The van der Waals surface area contributed by atoms with Gasteiger partial charge in [0.1, 0.15) is 11.6 Å². The molecular weight excluding hydrogens is 434 g/mol. The molecule has 1 saturated heterocycles. The number of benzene rings is 2. The summed E-state index contributed by atoms with van der Waals surface area (Å²) in [6, 6.07) is 16.2. The minimum absolute atomic E-state index is 0. The van der Waals surface area contributed by atoms with Crippen LogP contribution in [0.4, 0.5) is 8.78 Å². The summed E-state index contributed by atoms with van der Waals surface area (Å²) in [5.74, 6) is -0.240. The SMILES string of the molecule is O=C(c1ccco1)N1CC[NH+](CCC=C(c2ccc(F)cc2)c2ccc(F)cc2)CC1.[Cl-]. The van der Waals surface area contributed by atoms with Crippen LogP contribution < -0.4 is 17.3 Å². The summed E-state index contributed by atoms with van der Waals surface area (Å²) < 4.78 is 32.0. The van der Waals surface area contributed by atoms with E-state index >= 15 is 0 Å². The zero-order chi connectivity index (χ0) is 21.6. The molecular formula is C25H25ClF2N2O2. The Balaban J connectivity index is 0.00000289. The fourth-order valence-electron chi connectivity index (χ4n) is 3.91. The van der Waals surface area contributed by atoms with Gasteiger partial charge >= 0.3 is 0 Å². The molecule has 4 nitrogen and oxygen atoms in total. The number of hydrogen-bond acceptors (Lipinski definition) is 2. The maximum atomic E-state index is 13.4. The van der Waals surface area contributed by atoms with E-state index in [1.54, 1.807) is 36.4 Å². The zero-order valence-electron chi connectivity index (χ0n) is 17.6. The Labute approximate surface area is 192 Å². The molecule has 0 unspecified atom stereocenters. The molecule has 0 atom stereocenters. The average Bonchev–Trinajstić information content (AvgIpc) is 3.33. The number of amides is 1. The van der Waals surface area contributed by atoms with Crippen molar-refractivity contribution >= 4 is 11.5 Å². The highest BCUT2D eigenvalue weighted by Crippen LogP contribution is 2.24. The Kier molecular flexibility index (Phi) is 8.20. The molecule has 0 spiro atoms. The molecule has 0 radical (unpaired) electrons. The molecule has 4 rings (SSSR count). The van der Waals surface area contributed by atoms with Crippen LogP contribution in [0.1, 0.15) is 28.1 Å². The molecule has 1 aliphatic rings. The van der Waals surface area contributed by atoms with Gasteiger partial charge in [0.05, 0.1) is 39.0 Å². The molecule has 0 saturated carbocycles. The fourth-order valence-corrected chi connectivity index (χ4v) is 3.91. The molecule has 168 valence electrons. The van der Waals surface area contributed by atoms with Gasteiger partial charge in [0.25, 0.3) is 5.91 Å². The Morgan fingerprint density at radius 1 is 0.938 bits per heavy atom. The van der Waals surface area contributed by atoms with E-state index in [1.165, 1.54) is 35.4 Å². The summed E-state index contributed by atoms with van der Waals surface area (Å²) in [6.45, 7) is 4.07. The van der Waals surface area contributed by atoms with Crippen molar-refractivity contribution in [1.29, 1.82) is 0 Å². The van der Waals surface area contributed by atoms with Gasteiger partial charge in [-0.25, -0.2) is 8.78 Å². The van der Waals surface area contributed by atoms with Crippen molar-refractivity contribution in [2.75, 3.05) is 32.7 Å². The second-order valence-corrected chi connectivity index (χ2v) is 7.69. The maximum absolute atomic E-state index is 13.4. The molecule has 2 heterocycles. The molecule has 2 aromatic carbocycles. The van der Waals surface area contributed by atoms with Crippen LogP contribution in [-0.2, 0) is 0 Å². The van der Waals surface area contributed by atoms with Gasteiger partial charge in [-0.3, -0.25) is 4.79 Å². The van der Waals surface area contributed by atoms with Gasteiger partial charge in [-0.15, -0.1) is 0 Å². The number of quaternary nitrogens is 1. The smallest absolute Gasteiger partial charge is 0.289 e. The van der Waals surface area contributed by atoms with Gasteiger partial charge in [0, 0.05) is 6.42 Å². The zero-order valence-corrected chi connectivity index (χ0v) is 18.3. The minimum atomic E-state index is -0.284. The molecule has 0 bridgehead atoms. The van der Waals surface area contributed by atoms with Crippen LogP contribution in [0.3, 0.4) is 0 Å². The predicted molar refractivity (Wildman–Crippen MR) is 115 cm³/mol. The highest BCUT2D eigenvalue weighted by Gasteiger charge is 2.25. The highest BCUT2D eigenvalue weighted by molar-refractivity contribution is 5.91. The lowest BCUT2D eigenvalue weighted by Gasteiger charge is -2.31. The lowest BCUT2D eigenvalue weighted by molar-refractivity contribution is -0.903. The van der Waals surface area contributed by atoms with Crippen molar-refractivity contribution in [1.82, 2.24) is 4.90 Å². The second-order valence-electron chi connectivity index (χ2n) is 7.69.